The minimum absolute atomic E-state index is 0.0201. The van der Waals surface area contributed by atoms with E-state index in [-0.39, 0.29) is 24.3 Å². The van der Waals surface area contributed by atoms with Crippen molar-refractivity contribution in [3.05, 3.63) is 0 Å². The fourth-order valence-electron chi connectivity index (χ4n) is 1.04. The van der Waals surface area contributed by atoms with Crippen molar-refractivity contribution >= 4 is 11.9 Å². The molecule has 0 aliphatic carbocycles. The number of unbranched alkanes of at least 4 members (excludes halogenated alkanes) is 1. The number of carbonyl (C=O) groups is 2. The smallest absolute Gasteiger partial charge is 0.303 e. The van der Waals surface area contributed by atoms with Crippen LogP contribution in [0.25, 0.3) is 0 Å². The number of rotatable bonds is 8. The largest absolute Gasteiger partial charge is 0.481 e. The van der Waals surface area contributed by atoms with E-state index in [1.165, 1.54) is 0 Å². The first kappa shape index (κ1) is 14.9. The highest BCUT2D eigenvalue weighted by atomic mass is 16.4. The van der Waals surface area contributed by atoms with Crippen molar-refractivity contribution in [1.29, 1.82) is 0 Å². The molecule has 16 heavy (non-hydrogen) atoms. The predicted octanol–water partition coefficient (Wildman–Crippen LogP) is 0.766. The second-order valence-corrected chi connectivity index (χ2v) is 4.70. The molecule has 5 nitrogen and oxygen atoms in total. The lowest BCUT2D eigenvalue weighted by molar-refractivity contribution is -0.137. The summed E-state index contributed by atoms with van der Waals surface area (Å²) in [4.78, 5) is 21.5. The summed E-state index contributed by atoms with van der Waals surface area (Å²) >= 11 is 0. The fraction of sp³-hybridized carbons (Fsp3) is 0.818. The SMILES string of the molecule is CC(C)(CO)CNC(=O)CCCCC(=O)O. The molecular weight excluding hydrogens is 210 g/mol. The molecule has 0 fully saturated rings. The van der Waals surface area contributed by atoms with Crippen LogP contribution in [0.5, 0.6) is 0 Å². The molecule has 0 bridgehead atoms. The number of nitrogens with one attached hydrogen (secondary N) is 1. The molecule has 0 aromatic rings. The van der Waals surface area contributed by atoms with Gasteiger partial charge in [-0.05, 0) is 12.8 Å². The molecule has 0 radical (unpaired) electrons. The molecule has 5 heteroatoms. The second-order valence-electron chi connectivity index (χ2n) is 4.70. The van der Waals surface area contributed by atoms with Gasteiger partial charge in [0.1, 0.15) is 0 Å². The van der Waals surface area contributed by atoms with Crippen LogP contribution in [0.15, 0.2) is 0 Å². The molecule has 3 N–H and O–H groups in total. The lowest BCUT2D eigenvalue weighted by Crippen LogP contribution is -2.35. The third-order valence-corrected chi connectivity index (χ3v) is 2.24. The molecule has 0 saturated heterocycles. The first-order valence-electron chi connectivity index (χ1n) is 5.47. The Hall–Kier alpha value is -1.10. The van der Waals surface area contributed by atoms with Crippen molar-refractivity contribution < 1.29 is 19.8 Å². The molecule has 0 aliphatic rings. The van der Waals surface area contributed by atoms with Crippen molar-refractivity contribution in [2.45, 2.75) is 39.5 Å². The van der Waals surface area contributed by atoms with Crippen molar-refractivity contribution in [3.8, 4) is 0 Å². The van der Waals surface area contributed by atoms with E-state index in [0.29, 0.717) is 25.8 Å². The molecule has 0 rings (SSSR count). The van der Waals surface area contributed by atoms with E-state index < -0.39 is 5.97 Å². The summed E-state index contributed by atoms with van der Waals surface area (Å²) in [7, 11) is 0. The number of amides is 1. The van der Waals surface area contributed by atoms with E-state index in [0.717, 1.165) is 0 Å². The third-order valence-electron chi connectivity index (χ3n) is 2.24. The minimum atomic E-state index is -0.832. The second kappa shape index (κ2) is 7.22. The third kappa shape index (κ3) is 8.23. The fourth-order valence-corrected chi connectivity index (χ4v) is 1.04. The van der Waals surface area contributed by atoms with Gasteiger partial charge in [-0.15, -0.1) is 0 Å². The van der Waals surface area contributed by atoms with Crippen LogP contribution in [0.1, 0.15) is 39.5 Å². The zero-order valence-electron chi connectivity index (χ0n) is 9.95. The summed E-state index contributed by atoms with van der Waals surface area (Å²) in [5, 5.41) is 20.1. The maximum absolute atomic E-state index is 11.3. The molecule has 1 amide bonds. The van der Waals surface area contributed by atoms with Crippen LogP contribution >= 0.6 is 0 Å². The maximum atomic E-state index is 11.3. The Balaban J connectivity index is 3.56. The molecular formula is C11H21NO4. The van der Waals surface area contributed by atoms with Gasteiger partial charge in [0, 0.05) is 31.4 Å². The Kier molecular flexibility index (Phi) is 6.72. The highest BCUT2D eigenvalue weighted by molar-refractivity contribution is 5.75. The molecule has 0 saturated carbocycles. The highest BCUT2D eigenvalue weighted by Gasteiger charge is 2.17. The molecule has 0 aromatic heterocycles. The van der Waals surface area contributed by atoms with Crippen LogP contribution in [0.4, 0.5) is 0 Å². The number of aliphatic hydroxyl groups is 1. The van der Waals surface area contributed by atoms with E-state index >= 15 is 0 Å². The van der Waals surface area contributed by atoms with Crippen LogP contribution < -0.4 is 5.32 Å². The average molecular weight is 231 g/mol. The Morgan fingerprint density at radius 2 is 1.75 bits per heavy atom. The summed E-state index contributed by atoms with van der Waals surface area (Å²) in [6, 6.07) is 0. The van der Waals surface area contributed by atoms with Crippen LogP contribution in [-0.4, -0.2) is 35.2 Å². The molecule has 94 valence electrons. The number of aliphatic carboxylic acids is 1. The van der Waals surface area contributed by atoms with Gasteiger partial charge in [-0.1, -0.05) is 13.8 Å². The number of hydrogen-bond donors (Lipinski definition) is 3. The Morgan fingerprint density at radius 1 is 1.19 bits per heavy atom. The molecule has 0 spiro atoms. The maximum Gasteiger partial charge on any atom is 0.303 e. The Bertz CT molecular complexity index is 238. The van der Waals surface area contributed by atoms with E-state index in [1.54, 1.807) is 0 Å². The van der Waals surface area contributed by atoms with Gasteiger partial charge in [0.05, 0.1) is 0 Å². The van der Waals surface area contributed by atoms with Crippen LogP contribution in [0, 0.1) is 5.41 Å². The topological polar surface area (TPSA) is 86.6 Å². The Morgan fingerprint density at radius 3 is 2.25 bits per heavy atom. The van der Waals surface area contributed by atoms with Crippen molar-refractivity contribution in [3.63, 3.8) is 0 Å². The van der Waals surface area contributed by atoms with Gasteiger partial charge in [-0.25, -0.2) is 0 Å². The van der Waals surface area contributed by atoms with Gasteiger partial charge >= 0.3 is 5.97 Å². The van der Waals surface area contributed by atoms with Crippen LogP contribution in [-0.2, 0) is 9.59 Å². The first-order valence-corrected chi connectivity index (χ1v) is 5.47. The summed E-state index contributed by atoms with van der Waals surface area (Å²) in [6.45, 7) is 4.17. The van der Waals surface area contributed by atoms with Crippen molar-refractivity contribution in [2.75, 3.05) is 13.2 Å². The van der Waals surface area contributed by atoms with Crippen LogP contribution in [0.3, 0.4) is 0 Å². The van der Waals surface area contributed by atoms with E-state index in [4.69, 9.17) is 10.2 Å². The van der Waals surface area contributed by atoms with Crippen LogP contribution in [0.2, 0.25) is 0 Å². The van der Waals surface area contributed by atoms with Crippen molar-refractivity contribution in [2.24, 2.45) is 5.41 Å². The number of aliphatic hydroxyl groups excluding tert-OH is 1. The average Bonchev–Trinajstić information content (AvgIpc) is 2.21. The zero-order chi connectivity index (χ0) is 12.6. The van der Waals surface area contributed by atoms with E-state index in [1.807, 2.05) is 13.8 Å². The van der Waals surface area contributed by atoms with Crippen molar-refractivity contribution in [1.82, 2.24) is 5.32 Å². The molecule has 0 atom stereocenters. The molecule has 0 aliphatic heterocycles. The van der Waals surface area contributed by atoms with Gasteiger partial charge < -0.3 is 15.5 Å². The first-order chi connectivity index (χ1) is 7.37. The quantitative estimate of drug-likeness (QED) is 0.538. The number of carboxylic acid groups (broad SMARTS) is 1. The summed E-state index contributed by atoms with van der Waals surface area (Å²) in [6.07, 6.45) is 1.55. The molecule has 0 aromatic carbocycles. The minimum Gasteiger partial charge on any atom is -0.481 e. The van der Waals surface area contributed by atoms with Gasteiger partial charge in [0.2, 0.25) is 5.91 Å². The van der Waals surface area contributed by atoms with E-state index in [2.05, 4.69) is 5.32 Å². The van der Waals surface area contributed by atoms with Gasteiger partial charge in [0.15, 0.2) is 0 Å². The normalized spacial score (nSPS) is 11.2. The predicted molar refractivity (Wildman–Crippen MR) is 60.0 cm³/mol. The lowest BCUT2D eigenvalue weighted by Gasteiger charge is -2.21. The summed E-state index contributed by atoms with van der Waals surface area (Å²) in [5.74, 6) is -0.922. The van der Waals surface area contributed by atoms with Gasteiger partial charge in [-0.3, -0.25) is 9.59 Å². The van der Waals surface area contributed by atoms with E-state index in [9.17, 15) is 9.59 Å². The number of hydrogen-bond acceptors (Lipinski definition) is 3. The zero-order valence-corrected chi connectivity index (χ0v) is 9.95. The summed E-state index contributed by atoms with van der Waals surface area (Å²) in [5.41, 5.74) is -0.309. The number of carboxylic acids is 1. The van der Waals surface area contributed by atoms with Gasteiger partial charge in [-0.2, -0.15) is 0 Å². The summed E-state index contributed by atoms with van der Waals surface area (Å²) < 4.78 is 0. The Labute approximate surface area is 95.9 Å². The lowest BCUT2D eigenvalue weighted by atomic mass is 9.95. The number of carbonyl (C=O) groups excluding carboxylic acids is 1. The highest BCUT2D eigenvalue weighted by Crippen LogP contribution is 2.11. The molecule has 0 unspecified atom stereocenters. The monoisotopic (exact) mass is 231 g/mol. The van der Waals surface area contributed by atoms with Gasteiger partial charge in [0.25, 0.3) is 0 Å². The standard InChI is InChI=1S/C11H21NO4/c1-11(2,8-13)7-12-9(14)5-3-4-6-10(15)16/h13H,3-8H2,1-2H3,(H,12,14)(H,15,16). The molecule has 0 heterocycles.